The first-order chi connectivity index (χ1) is 9.06. The minimum atomic E-state index is -0.357. The summed E-state index contributed by atoms with van der Waals surface area (Å²) < 4.78 is 13.1. The molecule has 0 unspecified atom stereocenters. The molecule has 3 nitrogen and oxygen atoms in total. The van der Waals surface area contributed by atoms with Crippen LogP contribution < -0.4 is 10.6 Å². The average Bonchev–Trinajstić information content (AvgIpc) is 2.40. The van der Waals surface area contributed by atoms with Crippen molar-refractivity contribution in [1.29, 1.82) is 0 Å². The predicted octanol–water partition coefficient (Wildman–Crippen LogP) is 2.61. The van der Waals surface area contributed by atoms with Crippen molar-refractivity contribution in [3.63, 3.8) is 0 Å². The number of hydrogen-bond acceptors (Lipinski definition) is 2. The molecule has 0 aliphatic carbocycles. The second-order valence-corrected chi connectivity index (χ2v) is 4.35. The number of nitrogens with two attached hydrogens (primary N) is 1. The molecule has 0 bridgehead atoms. The average molecular weight is 258 g/mol. The van der Waals surface area contributed by atoms with Gasteiger partial charge in [-0.2, -0.15) is 0 Å². The van der Waals surface area contributed by atoms with Gasteiger partial charge >= 0.3 is 0 Å². The lowest BCUT2D eigenvalue weighted by atomic mass is 10.1. The molecule has 0 spiro atoms. The first-order valence-corrected chi connectivity index (χ1v) is 5.93. The Morgan fingerprint density at radius 2 is 1.89 bits per heavy atom. The fraction of sp³-hybridized carbons (Fsp3) is 0.133. The molecule has 19 heavy (non-hydrogen) atoms. The van der Waals surface area contributed by atoms with Crippen molar-refractivity contribution in [1.82, 2.24) is 0 Å². The Bertz CT molecular complexity index is 581. The summed E-state index contributed by atoms with van der Waals surface area (Å²) in [4.78, 5) is 13.5. The highest BCUT2D eigenvalue weighted by Gasteiger charge is 2.12. The maximum Gasteiger partial charge on any atom is 0.231 e. The van der Waals surface area contributed by atoms with Crippen molar-refractivity contribution >= 4 is 17.3 Å². The van der Waals surface area contributed by atoms with Gasteiger partial charge in [-0.15, -0.1) is 0 Å². The van der Waals surface area contributed by atoms with E-state index in [4.69, 9.17) is 5.73 Å². The highest BCUT2D eigenvalue weighted by Crippen LogP contribution is 2.15. The largest absolute Gasteiger partial charge is 0.399 e. The van der Waals surface area contributed by atoms with Gasteiger partial charge in [0.25, 0.3) is 0 Å². The van der Waals surface area contributed by atoms with Gasteiger partial charge in [0, 0.05) is 18.4 Å². The van der Waals surface area contributed by atoms with Crippen molar-refractivity contribution in [3.05, 3.63) is 59.9 Å². The molecule has 2 N–H and O–H groups in total. The molecular formula is C15H15FN2O. The molecule has 0 aromatic heterocycles. The maximum absolute atomic E-state index is 13.1. The number of carbonyl (C=O) groups excluding carboxylic acids is 1. The van der Waals surface area contributed by atoms with Gasteiger partial charge in [0.2, 0.25) is 5.91 Å². The van der Waals surface area contributed by atoms with E-state index < -0.39 is 0 Å². The second kappa shape index (κ2) is 5.52. The van der Waals surface area contributed by atoms with Crippen LogP contribution in [-0.2, 0) is 11.2 Å². The van der Waals surface area contributed by atoms with E-state index in [1.807, 2.05) is 12.1 Å². The minimum Gasteiger partial charge on any atom is -0.399 e. The number of rotatable bonds is 3. The number of hydrogen-bond donors (Lipinski definition) is 1. The molecule has 0 saturated carbocycles. The number of nitrogens with zero attached hydrogens (tertiary/aromatic N) is 1. The lowest BCUT2D eigenvalue weighted by Gasteiger charge is -2.17. The number of carbonyl (C=O) groups is 1. The Kier molecular flexibility index (Phi) is 3.80. The van der Waals surface area contributed by atoms with Crippen LogP contribution in [0.2, 0.25) is 0 Å². The molecule has 4 heteroatoms. The van der Waals surface area contributed by atoms with E-state index in [9.17, 15) is 9.18 Å². The highest BCUT2D eigenvalue weighted by atomic mass is 19.1. The quantitative estimate of drug-likeness (QED) is 0.860. The Morgan fingerprint density at radius 3 is 2.53 bits per heavy atom. The first-order valence-electron chi connectivity index (χ1n) is 5.93. The summed E-state index contributed by atoms with van der Waals surface area (Å²) in [6, 6.07) is 13.1. The van der Waals surface area contributed by atoms with E-state index in [2.05, 4.69) is 0 Å². The SMILES string of the molecule is CN(C(=O)Cc1ccc(N)cc1)c1cccc(F)c1. The van der Waals surface area contributed by atoms with Gasteiger partial charge < -0.3 is 10.6 Å². The van der Waals surface area contributed by atoms with Crippen LogP contribution in [-0.4, -0.2) is 13.0 Å². The fourth-order valence-electron chi connectivity index (χ4n) is 1.76. The third-order valence-electron chi connectivity index (χ3n) is 2.90. The molecule has 0 radical (unpaired) electrons. The number of likely N-dealkylation sites (N-methyl/N-ethyl adjacent to an activating group) is 1. The van der Waals surface area contributed by atoms with Crippen molar-refractivity contribution in [3.8, 4) is 0 Å². The van der Waals surface area contributed by atoms with Crippen LogP contribution in [0.5, 0.6) is 0 Å². The monoisotopic (exact) mass is 258 g/mol. The lowest BCUT2D eigenvalue weighted by molar-refractivity contribution is -0.117. The van der Waals surface area contributed by atoms with Crippen LogP contribution in [0.4, 0.5) is 15.8 Å². The molecule has 0 aliphatic heterocycles. The molecule has 1 amide bonds. The number of nitrogen functional groups attached to an aromatic ring is 1. The standard InChI is InChI=1S/C15H15FN2O/c1-18(14-4-2-3-12(16)10-14)15(19)9-11-5-7-13(17)8-6-11/h2-8,10H,9,17H2,1H3. The van der Waals surface area contributed by atoms with E-state index in [0.717, 1.165) is 5.56 Å². The zero-order valence-corrected chi connectivity index (χ0v) is 10.6. The lowest BCUT2D eigenvalue weighted by Crippen LogP contribution is -2.27. The van der Waals surface area contributed by atoms with Crippen LogP contribution in [0.15, 0.2) is 48.5 Å². The second-order valence-electron chi connectivity index (χ2n) is 4.35. The molecule has 0 fully saturated rings. The van der Waals surface area contributed by atoms with E-state index >= 15 is 0 Å². The van der Waals surface area contributed by atoms with Crippen LogP contribution in [0, 0.1) is 5.82 Å². The van der Waals surface area contributed by atoms with E-state index in [-0.39, 0.29) is 18.1 Å². The van der Waals surface area contributed by atoms with Gasteiger partial charge in [0.05, 0.1) is 6.42 Å². The van der Waals surface area contributed by atoms with Gasteiger partial charge in [0.1, 0.15) is 5.82 Å². The third kappa shape index (κ3) is 3.31. The van der Waals surface area contributed by atoms with Crippen LogP contribution >= 0.6 is 0 Å². The summed E-state index contributed by atoms with van der Waals surface area (Å²) in [5.74, 6) is -0.458. The Hall–Kier alpha value is -2.36. The number of benzene rings is 2. The first kappa shape index (κ1) is 13.1. The zero-order chi connectivity index (χ0) is 13.8. The minimum absolute atomic E-state index is 0.102. The van der Waals surface area contributed by atoms with Gasteiger partial charge in [-0.3, -0.25) is 4.79 Å². The van der Waals surface area contributed by atoms with Crippen LogP contribution in [0.25, 0.3) is 0 Å². The van der Waals surface area contributed by atoms with Gasteiger partial charge in [-0.1, -0.05) is 18.2 Å². The van der Waals surface area contributed by atoms with Crippen LogP contribution in [0.3, 0.4) is 0 Å². The van der Waals surface area contributed by atoms with Crippen molar-refractivity contribution < 1.29 is 9.18 Å². The smallest absolute Gasteiger partial charge is 0.231 e. The number of amides is 1. The van der Waals surface area contributed by atoms with E-state index in [1.54, 1.807) is 31.3 Å². The normalized spacial score (nSPS) is 10.2. The van der Waals surface area contributed by atoms with Crippen molar-refractivity contribution in [2.24, 2.45) is 0 Å². The molecule has 0 aliphatic rings. The molecule has 2 aromatic rings. The predicted molar refractivity (Wildman–Crippen MR) is 74.4 cm³/mol. The van der Waals surface area contributed by atoms with Gasteiger partial charge in [-0.25, -0.2) is 4.39 Å². The van der Waals surface area contributed by atoms with E-state index in [0.29, 0.717) is 11.4 Å². The summed E-state index contributed by atoms with van der Waals surface area (Å²) in [7, 11) is 1.63. The van der Waals surface area contributed by atoms with Gasteiger partial charge in [0.15, 0.2) is 0 Å². The number of halogens is 1. The summed E-state index contributed by atoms with van der Waals surface area (Å²) in [6.45, 7) is 0. The summed E-state index contributed by atoms with van der Waals surface area (Å²) in [5.41, 5.74) is 7.67. The maximum atomic E-state index is 13.1. The Morgan fingerprint density at radius 1 is 1.21 bits per heavy atom. The molecule has 2 rings (SSSR count). The van der Waals surface area contributed by atoms with Crippen molar-refractivity contribution in [2.75, 3.05) is 17.7 Å². The summed E-state index contributed by atoms with van der Waals surface area (Å²) >= 11 is 0. The zero-order valence-electron chi connectivity index (χ0n) is 10.6. The Balaban J connectivity index is 2.09. The molecule has 2 aromatic carbocycles. The summed E-state index contributed by atoms with van der Waals surface area (Å²) in [6.07, 6.45) is 0.257. The molecule has 98 valence electrons. The highest BCUT2D eigenvalue weighted by molar-refractivity contribution is 5.94. The topological polar surface area (TPSA) is 46.3 Å². The summed E-state index contributed by atoms with van der Waals surface area (Å²) in [5, 5.41) is 0. The fourth-order valence-corrected chi connectivity index (χ4v) is 1.76. The van der Waals surface area contributed by atoms with Crippen LogP contribution in [0.1, 0.15) is 5.56 Å². The molecular weight excluding hydrogens is 243 g/mol. The Labute approximate surface area is 111 Å². The molecule has 0 heterocycles. The third-order valence-corrected chi connectivity index (χ3v) is 2.90. The molecule has 0 atom stereocenters. The van der Waals surface area contributed by atoms with Crippen molar-refractivity contribution in [2.45, 2.75) is 6.42 Å². The molecule has 0 saturated heterocycles. The van der Waals surface area contributed by atoms with Gasteiger partial charge in [-0.05, 0) is 35.9 Å². The van der Waals surface area contributed by atoms with E-state index in [1.165, 1.54) is 17.0 Å². The number of anilines is 2.